The van der Waals surface area contributed by atoms with Crippen LogP contribution in [0.4, 0.5) is 0 Å². The molecule has 0 saturated carbocycles. The molecule has 0 spiro atoms. The molecule has 2 nitrogen and oxygen atoms in total. The average molecular weight is 267 g/mol. The average Bonchev–Trinajstić information content (AvgIpc) is 2.19. The third kappa shape index (κ3) is 3.77. The molecule has 1 atom stereocenters. The van der Waals surface area contributed by atoms with E-state index < -0.39 is 5.97 Å². The number of aliphatic carboxylic acids is 1. The Balaban J connectivity index is 2.72. The molecule has 1 unspecified atom stereocenters. The first-order chi connectivity index (χ1) is 7.13. The minimum absolute atomic E-state index is 0.0117. The monoisotopic (exact) mass is 266 g/mol. The van der Waals surface area contributed by atoms with Crippen molar-refractivity contribution in [2.45, 2.75) is 12.8 Å². The Morgan fingerprint density at radius 3 is 2.73 bits per heavy atom. The lowest BCUT2D eigenvalue weighted by molar-refractivity contribution is -0.137. The summed E-state index contributed by atoms with van der Waals surface area (Å²) in [5.41, 5.74) is 1.04. The molecule has 0 aromatic heterocycles. The molecular weight excluding hydrogens is 256 g/mol. The molecule has 15 heavy (non-hydrogen) atoms. The van der Waals surface area contributed by atoms with Gasteiger partial charge in [0.2, 0.25) is 0 Å². The van der Waals surface area contributed by atoms with E-state index in [-0.39, 0.29) is 12.3 Å². The van der Waals surface area contributed by atoms with Gasteiger partial charge in [-0.2, -0.15) is 0 Å². The largest absolute Gasteiger partial charge is 0.481 e. The molecule has 78 valence electrons. The SMILES string of the molecule is C#CC(CC(=O)O)Cc1ccccc1Br. The number of carbonyl (C=O) groups is 1. The summed E-state index contributed by atoms with van der Waals surface area (Å²) >= 11 is 3.40. The number of hydrogen-bond acceptors (Lipinski definition) is 1. The molecule has 3 heteroatoms. The predicted octanol–water partition coefficient (Wildman–Crippen LogP) is 2.72. The van der Waals surface area contributed by atoms with Crippen molar-refractivity contribution >= 4 is 21.9 Å². The minimum Gasteiger partial charge on any atom is -0.481 e. The summed E-state index contributed by atoms with van der Waals surface area (Å²) in [7, 11) is 0. The van der Waals surface area contributed by atoms with Gasteiger partial charge in [-0.25, -0.2) is 0 Å². The van der Waals surface area contributed by atoms with E-state index in [1.807, 2.05) is 24.3 Å². The number of benzene rings is 1. The van der Waals surface area contributed by atoms with E-state index in [0.717, 1.165) is 10.0 Å². The number of terminal acetylenes is 1. The smallest absolute Gasteiger partial charge is 0.304 e. The van der Waals surface area contributed by atoms with E-state index in [4.69, 9.17) is 11.5 Å². The Hall–Kier alpha value is -1.27. The molecule has 0 aliphatic rings. The summed E-state index contributed by atoms with van der Waals surface area (Å²) in [6.45, 7) is 0. The highest BCUT2D eigenvalue weighted by Gasteiger charge is 2.12. The van der Waals surface area contributed by atoms with E-state index in [9.17, 15) is 4.79 Å². The summed E-state index contributed by atoms with van der Waals surface area (Å²) in [5, 5.41) is 8.66. The third-order valence-corrected chi connectivity index (χ3v) is 2.85. The first-order valence-corrected chi connectivity index (χ1v) is 5.34. The molecule has 1 aromatic carbocycles. The Morgan fingerprint density at radius 2 is 2.20 bits per heavy atom. The Kier molecular flexibility index (Phi) is 4.38. The fourth-order valence-electron chi connectivity index (χ4n) is 1.33. The Bertz CT molecular complexity index is 393. The van der Waals surface area contributed by atoms with Crippen LogP contribution in [0.15, 0.2) is 28.7 Å². The summed E-state index contributed by atoms with van der Waals surface area (Å²) in [4.78, 5) is 10.5. The lowest BCUT2D eigenvalue weighted by Gasteiger charge is -2.09. The van der Waals surface area contributed by atoms with Crippen LogP contribution in [0.25, 0.3) is 0 Å². The van der Waals surface area contributed by atoms with E-state index in [0.29, 0.717) is 6.42 Å². The summed E-state index contributed by atoms with van der Waals surface area (Å²) in [5.74, 6) is 1.40. The highest BCUT2D eigenvalue weighted by molar-refractivity contribution is 9.10. The lowest BCUT2D eigenvalue weighted by atomic mass is 9.97. The number of halogens is 1. The normalized spacial score (nSPS) is 11.7. The number of hydrogen-bond donors (Lipinski definition) is 1. The third-order valence-electron chi connectivity index (χ3n) is 2.08. The van der Waals surface area contributed by atoms with Crippen molar-refractivity contribution in [3.8, 4) is 12.3 Å². The van der Waals surface area contributed by atoms with Gasteiger partial charge in [-0.1, -0.05) is 34.1 Å². The maximum absolute atomic E-state index is 10.5. The van der Waals surface area contributed by atoms with E-state index in [1.54, 1.807) is 0 Å². The van der Waals surface area contributed by atoms with Gasteiger partial charge in [0.15, 0.2) is 0 Å². The van der Waals surface area contributed by atoms with Crippen molar-refractivity contribution < 1.29 is 9.90 Å². The van der Waals surface area contributed by atoms with Crippen LogP contribution in [-0.4, -0.2) is 11.1 Å². The van der Waals surface area contributed by atoms with Crippen LogP contribution in [0.1, 0.15) is 12.0 Å². The molecule has 1 aromatic rings. The predicted molar refractivity (Wildman–Crippen MR) is 62.4 cm³/mol. The quantitative estimate of drug-likeness (QED) is 0.851. The van der Waals surface area contributed by atoms with Crippen molar-refractivity contribution in [2.75, 3.05) is 0 Å². The van der Waals surface area contributed by atoms with Gasteiger partial charge in [0.25, 0.3) is 0 Å². The molecule has 1 rings (SSSR count). The molecule has 1 N–H and O–H groups in total. The maximum atomic E-state index is 10.5. The number of rotatable bonds is 4. The topological polar surface area (TPSA) is 37.3 Å². The summed E-state index contributed by atoms with van der Waals surface area (Å²) < 4.78 is 0.968. The summed E-state index contributed by atoms with van der Waals surface area (Å²) in [6.07, 6.45) is 5.89. The standard InChI is InChI=1S/C12H11BrO2/c1-2-9(8-12(14)15)7-10-5-3-4-6-11(10)13/h1,3-6,9H,7-8H2,(H,14,15). The number of carboxylic acid groups (broad SMARTS) is 1. The molecule has 0 aliphatic carbocycles. The molecular formula is C12H11BrO2. The van der Waals surface area contributed by atoms with Crippen molar-refractivity contribution in [1.29, 1.82) is 0 Å². The van der Waals surface area contributed by atoms with Crippen LogP contribution >= 0.6 is 15.9 Å². The fourth-order valence-corrected chi connectivity index (χ4v) is 1.78. The molecule has 0 saturated heterocycles. The minimum atomic E-state index is -0.856. The second-order valence-electron chi connectivity index (χ2n) is 3.26. The van der Waals surface area contributed by atoms with Crippen molar-refractivity contribution in [2.24, 2.45) is 5.92 Å². The first-order valence-electron chi connectivity index (χ1n) is 4.55. The zero-order chi connectivity index (χ0) is 11.3. The van der Waals surface area contributed by atoms with Crippen LogP contribution in [-0.2, 0) is 11.2 Å². The van der Waals surface area contributed by atoms with Crippen LogP contribution in [0.2, 0.25) is 0 Å². The van der Waals surface area contributed by atoms with Gasteiger partial charge in [0.05, 0.1) is 6.42 Å². The molecule has 0 aliphatic heterocycles. The second-order valence-corrected chi connectivity index (χ2v) is 4.11. The van der Waals surface area contributed by atoms with Gasteiger partial charge in [0.1, 0.15) is 0 Å². The van der Waals surface area contributed by atoms with Gasteiger partial charge >= 0.3 is 5.97 Å². The number of carboxylic acids is 1. The molecule has 0 radical (unpaired) electrons. The van der Waals surface area contributed by atoms with Crippen LogP contribution in [0.3, 0.4) is 0 Å². The first kappa shape index (κ1) is 11.8. The van der Waals surface area contributed by atoms with Crippen LogP contribution in [0.5, 0.6) is 0 Å². The van der Waals surface area contributed by atoms with Crippen LogP contribution < -0.4 is 0 Å². The highest BCUT2D eigenvalue weighted by atomic mass is 79.9. The lowest BCUT2D eigenvalue weighted by Crippen LogP contribution is -2.08. The van der Waals surface area contributed by atoms with Crippen molar-refractivity contribution in [3.05, 3.63) is 34.3 Å². The molecule has 0 bridgehead atoms. The van der Waals surface area contributed by atoms with E-state index in [1.165, 1.54) is 0 Å². The maximum Gasteiger partial charge on any atom is 0.304 e. The van der Waals surface area contributed by atoms with Gasteiger partial charge < -0.3 is 5.11 Å². The summed E-state index contributed by atoms with van der Waals surface area (Å²) in [6, 6.07) is 7.68. The highest BCUT2D eigenvalue weighted by Crippen LogP contribution is 2.20. The van der Waals surface area contributed by atoms with Gasteiger partial charge in [-0.05, 0) is 18.1 Å². The Morgan fingerprint density at radius 1 is 1.53 bits per heavy atom. The zero-order valence-corrected chi connectivity index (χ0v) is 9.70. The van der Waals surface area contributed by atoms with Crippen LogP contribution in [0, 0.1) is 18.3 Å². The molecule has 0 heterocycles. The van der Waals surface area contributed by atoms with Gasteiger partial charge in [-0.3, -0.25) is 4.79 Å². The molecule has 0 amide bonds. The van der Waals surface area contributed by atoms with Gasteiger partial charge in [-0.15, -0.1) is 12.3 Å². The van der Waals surface area contributed by atoms with Crippen molar-refractivity contribution in [3.63, 3.8) is 0 Å². The fraction of sp³-hybridized carbons (Fsp3) is 0.250. The molecule has 0 fully saturated rings. The van der Waals surface area contributed by atoms with Crippen molar-refractivity contribution in [1.82, 2.24) is 0 Å². The second kappa shape index (κ2) is 5.57. The Labute approximate surface area is 97.4 Å². The zero-order valence-electron chi connectivity index (χ0n) is 8.11. The van der Waals surface area contributed by atoms with Gasteiger partial charge in [0, 0.05) is 10.4 Å². The van der Waals surface area contributed by atoms with E-state index >= 15 is 0 Å². The van der Waals surface area contributed by atoms with E-state index in [2.05, 4.69) is 21.9 Å².